The van der Waals surface area contributed by atoms with E-state index >= 15 is 0 Å². The van der Waals surface area contributed by atoms with Gasteiger partial charge in [0.15, 0.2) is 0 Å². The van der Waals surface area contributed by atoms with Crippen molar-refractivity contribution in [1.82, 2.24) is 10.2 Å². The summed E-state index contributed by atoms with van der Waals surface area (Å²) in [4.78, 5) is 30.0. The molecule has 1 saturated heterocycles. The first-order valence-electron chi connectivity index (χ1n) is 10.3. The van der Waals surface area contributed by atoms with Crippen LogP contribution in [0.1, 0.15) is 58.9 Å². The first kappa shape index (κ1) is 19.4. The normalized spacial score (nSPS) is 18.7. The maximum Gasteiger partial charge on any atom is 0.257 e. The second-order valence-corrected chi connectivity index (χ2v) is 7.66. The highest BCUT2D eigenvalue weighted by Crippen LogP contribution is 2.35. The van der Waals surface area contributed by atoms with Crippen LogP contribution in [0.4, 0.5) is 10.1 Å². The first-order valence-corrected chi connectivity index (χ1v) is 10.3. The number of carbonyl (C=O) groups is 2. The topological polar surface area (TPSA) is 52.7 Å². The van der Waals surface area contributed by atoms with Gasteiger partial charge in [0.2, 0.25) is 0 Å². The van der Waals surface area contributed by atoms with Crippen LogP contribution in [0.2, 0.25) is 0 Å². The Morgan fingerprint density at radius 1 is 1.14 bits per heavy atom. The minimum atomic E-state index is -0.299. The van der Waals surface area contributed by atoms with Gasteiger partial charge in [0.05, 0.1) is 11.3 Å². The molecule has 2 aromatic carbocycles. The smallest absolute Gasteiger partial charge is 0.257 e. The van der Waals surface area contributed by atoms with Crippen molar-refractivity contribution >= 4 is 17.5 Å². The molecule has 0 spiro atoms. The van der Waals surface area contributed by atoms with Crippen LogP contribution in [0.25, 0.3) is 0 Å². The molecule has 152 valence electrons. The number of hydrogen-bond donors (Lipinski definition) is 1. The molecule has 2 amide bonds. The van der Waals surface area contributed by atoms with Gasteiger partial charge in [-0.15, -0.1) is 0 Å². The van der Waals surface area contributed by atoms with Crippen molar-refractivity contribution in [3.63, 3.8) is 0 Å². The van der Waals surface area contributed by atoms with Gasteiger partial charge in [-0.3, -0.25) is 9.59 Å². The Bertz CT molecular complexity index is 913. The van der Waals surface area contributed by atoms with Crippen molar-refractivity contribution in [2.75, 3.05) is 18.0 Å². The number of nitrogens with zero attached hydrogens (tertiary/aromatic N) is 2. The Balaban J connectivity index is 1.57. The summed E-state index contributed by atoms with van der Waals surface area (Å²) >= 11 is 0. The molecule has 0 aliphatic carbocycles. The minimum absolute atomic E-state index is 0.0647. The van der Waals surface area contributed by atoms with E-state index in [0.717, 1.165) is 50.0 Å². The summed E-state index contributed by atoms with van der Waals surface area (Å²) in [7, 11) is 0. The third kappa shape index (κ3) is 3.84. The molecule has 4 rings (SSSR count). The van der Waals surface area contributed by atoms with E-state index in [1.54, 1.807) is 24.3 Å². The number of hydrogen-bond acceptors (Lipinski definition) is 3. The zero-order valence-electron chi connectivity index (χ0n) is 16.7. The molecule has 2 aliphatic rings. The zero-order chi connectivity index (χ0) is 20.4. The molecule has 1 fully saturated rings. The Morgan fingerprint density at radius 2 is 1.93 bits per heavy atom. The number of nitrogens with one attached hydrogen (secondary N) is 1. The summed E-state index contributed by atoms with van der Waals surface area (Å²) in [6.07, 6.45) is 4.32. The average molecular weight is 395 g/mol. The van der Waals surface area contributed by atoms with Crippen LogP contribution in [-0.4, -0.2) is 36.0 Å². The van der Waals surface area contributed by atoms with E-state index in [4.69, 9.17) is 0 Å². The van der Waals surface area contributed by atoms with Gasteiger partial charge < -0.3 is 15.1 Å². The van der Waals surface area contributed by atoms with Gasteiger partial charge in [-0.05, 0) is 62.1 Å². The maximum absolute atomic E-state index is 13.1. The second kappa shape index (κ2) is 8.23. The van der Waals surface area contributed by atoms with Gasteiger partial charge in [-0.2, -0.15) is 0 Å². The molecular formula is C23H26FN3O2. The number of carbonyl (C=O) groups excluding carboxylic acids is 2. The van der Waals surface area contributed by atoms with E-state index in [9.17, 15) is 14.0 Å². The Kier molecular flexibility index (Phi) is 5.51. The van der Waals surface area contributed by atoms with E-state index in [-0.39, 0.29) is 23.8 Å². The van der Waals surface area contributed by atoms with Gasteiger partial charge in [-0.25, -0.2) is 4.39 Å². The third-order valence-electron chi connectivity index (χ3n) is 5.85. The lowest BCUT2D eigenvalue weighted by atomic mass is 10.0. The standard InChI is InChI=1S/C23H26FN3O2/c1-2-26-20-14-17(22(28)25-15-16-7-10-18(24)11-8-16)9-12-19(20)23(29)27-13-5-3-4-6-21(26)27/h7-12,14,21H,2-6,13,15H2,1H3,(H,25,28). The van der Waals surface area contributed by atoms with Gasteiger partial charge >= 0.3 is 0 Å². The monoisotopic (exact) mass is 395 g/mol. The molecule has 0 aromatic heterocycles. The molecule has 29 heavy (non-hydrogen) atoms. The summed E-state index contributed by atoms with van der Waals surface area (Å²) in [5.41, 5.74) is 2.87. The number of halogens is 1. The predicted molar refractivity (Wildman–Crippen MR) is 110 cm³/mol. The van der Waals surface area contributed by atoms with Crippen molar-refractivity contribution in [2.24, 2.45) is 0 Å². The Labute approximate surface area is 170 Å². The van der Waals surface area contributed by atoms with Crippen LogP contribution in [0.5, 0.6) is 0 Å². The van der Waals surface area contributed by atoms with Crippen molar-refractivity contribution in [2.45, 2.75) is 45.3 Å². The minimum Gasteiger partial charge on any atom is -0.351 e. The number of fused-ring (bicyclic) bond motifs is 2. The molecule has 2 aliphatic heterocycles. The van der Waals surface area contributed by atoms with Crippen molar-refractivity contribution in [1.29, 1.82) is 0 Å². The summed E-state index contributed by atoms with van der Waals surface area (Å²) in [5.74, 6) is -0.439. The largest absolute Gasteiger partial charge is 0.351 e. The van der Waals surface area contributed by atoms with E-state index < -0.39 is 0 Å². The van der Waals surface area contributed by atoms with Crippen LogP contribution in [-0.2, 0) is 6.54 Å². The maximum atomic E-state index is 13.1. The van der Waals surface area contributed by atoms with Gasteiger partial charge in [0.25, 0.3) is 11.8 Å². The number of anilines is 1. The molecule has 0 saturated carbocycles. The van der Waals surface area contributed by atoms with Crippen LogP contribution in [0, 0.1) is 5.82 Å². The van der Waals surface area contributed by atoms with Gasteiger partial charge in [0, 0.05) is 25.2 Å². The summed E-state index contributed by atoms with van der Waals surface area (Å²) < 4.78 is 13.0. The van der Waals surface area contributed by atoms with Crippen LogP contribution in [0.3, 0.4) is 0 Å². The molecule has 2 aromatic rings. The van der Waals surface area contributed by atoms with E-state index in [2.05, 4.69) is 17.1 Å². The lowest BCUT2D eigenvalue weighted by Gasteiger charge is -2.44. The molecule has 0 radical (unpaired) electrons. The van der Waals surface area contributed by atoms with Crippen LogP contribution >= 0.6 is 0 Å². The third-order valence-corrected chi connectivity index (χ3v) is 5.85. The second-order valence-electron chi connectivity index (χ2n) is 7.66. The predicted octanol–water partition coefficient (Wildman–Crippen LogP) is 3.94. The molecule has 1 N–H and O–H groups in total. The highest BCUT2D eigenvalue weighted by Gasteiger charge is 2.37. The summed E-state index contributed by atoms with van der Waals surface area (Å²) in [6, 6.07) is 11.4. The molecule has 2 heterocycles. The highest BCUT2D eigenvalue weighted by molar-refractivity contribution is 6.04. The number of benzene rings is 2. The van der Waals surface area contributed by atoms with Crippen molar-refractivity contribution in [3.8, 4) is 0 Å². The van der Waals surface area contributed by atoms with E-state index in [1.165, 1.54) is 12.1 Å². The summed E-state index contributed by atoms with van der Waals surface area (Å²) in [5, 5.41) is 2.88. The van der Waals surface area contributed by atoms with Crippen LogP contribution < -0.4 is 10.2 Å². The Morgan fingerprint density at radius 3 is 2.69 bits per heavy atom. The fraction of sp³-hybridized carbons (Fsp3) is 0.391. The number of amides is 2. The van der Waals surface area contributed by atoms with Gasteiger partial charge in [0.1, 0.15) is 12.0 Å². The van der Waals surface area contributed by atoms with Crippen LogP contribution in [0.15, 0.2) is 42.5 Å². The molecule has 1 unspecified atom stereocenters. The summed E-state index contributed by atoms with van der Waals surface area (Å²) in [6.45, 7) is 3.98. The first-order chi connectivity index (χ1) is 14.1. The highest BCUT2D eigenvalue weighted by atomic mass is 19.1. The fourth-order valence-corrected chi connectivity index (χ4v) is 4.33. The molecule has 0 bridgehead atoms. The van der Waals surface area contributed by atoms with Crippen molar-refractivity contribution < 1.29 is 14.0 Å². The number of rotatable bonds is 4. The zero-order valence-corrected chi connectivity index (χ0v) is 16.7. The average Bonchev–Trinajstić information content (AvgIpc) is 2.99. The van der Waals surface area contributed by atoms with E-state index in [0.29, 0.717) is 17.7 Å². The lowest BCUT2D eigenvalue weighted by Crippen LogP contribution is -2.55. The SMILES string of the molecule is CCN1c2cc(C(=O)NCc3ccc(F)cc3)ccc2C(=O)N2CCCCCC21. The lowest BCUT2D eigenvalue weighted by molar-refractivity contribution is 0.0656. The van der Waals surface area contributed by atoms with Crippen molar-refractivity contribution in [3.05, 3.63) is 65.0 Å². The molecule has 6 heteroatoms. The molecule has 1 atom stereocenters. The molecular weight excluding hydrogens is 369 g/mol. The molecule has 5 nitrogen and oxygen atoms in total. The van der Waals surface area contributed by atoms with E-state index in [1.807, 2.05) is 11.0 Å². The fourth-order valence-electron chi connectivity index (χ4n) is 4.33. The quantitative estimate of drug-likeness (QED) is 0.853. The Hall–Kier alpha value is -2.89. The van der Waals surface area contributed by atoms with Gasteiger partial charge in [-0.1, -0.05) is 18.6 Å².